The van der Waals surface area contributed by atoms with Gasteiger partial charge in [0.25, 0.3) is 0 Å². The highest BCUT2D eigenvalue weighted by Crippen LogP contribution is 2.41. The Kier molecular flexibility index (Phi) is 6.03. The number of oxazole rings is 1. The summed E-state index contributed by atoms with van der Waals surface area (Å²) in [6.45, 7) is 0. The highest BCUT2D eigenvalue weighted by molar-refractivity contribution is 7.90. The highest BCUT2D eigenvalue weighted by Gasteiger charge is 2.33. The molecule has 1 aliphatic carbocycles. The summed E-state index contributed by atoms with van der Waals surface area (Å²) < 4.78 is 31.1. The van der Waals surface area contributed by atoms with Gasteiger partial charge in [-0.1, -0.05) is 55.0 Å². The Morgan fingerprint density at radius 3 is 2.50 bits per heavy atom. The normalized spacial score (nSPS) is 18.9. The molecular weight excluding hydrogens is 430 g/mol. The number of nitrogens with zero attached hydrogens (tertiary/aromatic N) is 2. The second kappa shape index (κ2) is 8.76. The van der Waals surface area contributed by atoms with Crippen molar-refractivity contribution in [2.45, 2.75) is 42.5 Å². The number of carbonyl (C=O) groups is 1. The Bertz CT molecular complexity index is 1220. The van der Waals surface area contributed by atoms with E-state index < -0.39 is 21.9 Å². The minimum atomic E-state index is -3.50. The van der Waals surface area contributed by atoms with Crippen LogP contribution in [0.15, 0.2) is 63.9 Å². The molecular formula is C23H25N3O5S. The summed E-state index contributed by atoms with van der Waals surface area (Å²) in [6, 6.07) is 14.8. The number of hydroxylamine groups is 2. The van der Waals surface area contributed by atoms with E-state index in [4.69, 9.17) is 15.1 Å². The third-order valence-electron chi connectivity index (χ3n) is 5.79. The fourth-order valence-corrected chi connectivity index (χ4v) is 5.14. The van der Waals surface area contributed by atoms with Gasteiger partial charge in [0.05, 0.1) is 10.9 Å². The zero-order valence-electron chi connectivity index (χ0n) is 17.6. The quantitative estimate of drug-likeness (QED) is 0.438. The van der Waals surface area contributed by atoms with Crippen molar-refractivity contribution in [3.63, 3.8) is 0 Å². The Morgan fingerprint density at radius 2 is 1.81 bits per heavy atom. The summed E-state index contributed by atoms with van der Waals surface area (Å²) in [5.41, 5.74) is 6.92. The molecule has 3 N–H and O–H groups in total. The van der Waals surface area contributed by atoms with Crippen LogP contribution in [0.25, 0.3) is 22.6 Å². The number of rotatable bonds is 5. The van der Waals surface area contributed by atoms with E-state index in [0.29, 0.717) is 40.8 Å². The number of sulfone groups is 1. The van der Waals surface area contributed by atoms with Gasteiger partial charge in [0.2, 0.25) is 0 Å². The van der Waals surface area contributed by atoms with E-state index in [1.165, 1.54) is 6.26 Å². The molecule has 2 atom stereocenters. The predicted octanol–water partition coefficient (Wildman–Crippen LogP) is 4.21. The molecule has 0 radical (unpaired) electrons. The third-order valence-corrected chi connectivity index (χ3v) is 6.94. The average Bonchev–Trinajstić information content (AvgIpc) is 3.24. The van der Waals surface area contributed by atoms with Gasteiger partial charge < -0.3 is 10.2 Å². The van der Waals surface area contributed by atoms with Crippen molar-refractivity contribution in [2.24, 2.45) is 5.73 Å². The smallest absolute Gasteiger partial charge is 0.338 e. The van der Waals surface area contributed by atoms with Gasteiger partial charge >= 0.3 is 6.03 Å². The molecule has 0 spiro atoms. The molecule has 1 aliphatic rings. The van der Waals surface area contributed by atoms with Crippen LogP contribution in [0.2, 0.25) is 0 Å². The molecule has 2 unspecified atom stereocenters. The van der Waals surface area contributed by atoms with Gasteiger partial charge in [-0.3, -0.25) is 5.21 Å². The Labute approximate surface area is 186 Å². The van der Waals surface area contributed by atoms with E-state index in [-0.39, 0.29) is 10.8 Å². The molecule has 8 nitrogen and oxygen atoms in total. The minimum absolute atomic E-state index is 0.149. The molecule has 0 aliphatic heterocycles. The van der Waals surface area contributed by atoms with Gasteiger partial charge in [0.15, 0.2) is 21.5 Å². The Hall–Kier alpha value is -3.17. The molecule has 32 heavy (non-hydrogen) atoms. The summed E-state index contributed by atoms with van der Waals surface area (Å²) >= 11 is 0. The van der Waals surface area contributed by atoms with Crippen molar-refractivity contribution in [1.82, 2.24) is 10.0 Å². The molecule has 1 fully saturated rings. The SMILES string of the molecule is CS(=O)(=O)c1ccccc1-c1nc(C2CCCC(N(O)C(N)=O)C2)oc1-c1ccccc1. The van der Waals surface area contributed by atoms with Crippen LogP contribution in [-0.2, 0) is 9.84 Å². The van der Waals surface area contributed by atoms with Crippen LogP contribution in [0.4, 0.5) is 4.79 Å². The zero-order valence-corrected chi connectivity index (χ0v) is 18.5. The number of hydrogen-bond donors (Lipinski definition) is 2. The molecule has 168 valence electrons. The lowest BCUT2D eigenvalue weighted by atomic mass is 9.85. The van der Waals surface area contributed by atoms with Crippen molar-refractivity contribution in [2.75, 3.05) is 6.26 Å². The molecule has 1 aromatic heterocycles. The van der Waals surface area contributed by atoms with E-state index in [1.807, 2.05) is 30.3 Å². The zero-order chi connectivity index (χ0) is 22.9. The second-order valence-corrected chi connectivity index (χ2v) is 10.0. The maximum absolute atomic E-state index is 12.4. The van der Waals surface area contributed by atoms with Gasteiger partial charge in [0.1, 0.15) is 5.69 Å². The number of amides is 2. The minimum Gasteiger partial charge on any atom is -0.440 e. The maximum Gasteiger partial charge on any atom is 0.338 e. The summed E-state index contributed by atoms with van der Waals surface area (Å²) in [5, 5.41) is 10.6. The number of benzene rings is 2. The number of nitrogens with two attached hydrogens (primary N) is 1. The third kappa shape index (κ3) is 4.39. The largest absolute Gasteiger partial charge is 0.440 e. The molecule has 0 bridgehead atoms. The van der Waals surface area contributed by atoms with Crippen molar-refractivity contribution in [3.05, 3.63) is 60.5 Å². The summed E-state index contributed by atoms with van der Waals surface area (Å²) in [4.78, 5) is 16.3. The highest BCUT2D eigenvalue weighted by atomic mass is 32.2. The monoisotopic (exact) mass is 455 g/mol. The topological polar surface area (TPSA) is 127 Å². The molecule has 4 rings (SSSR count). The van der Waals surface area contributed by atoms with E-state index in [2.05, 4.69) is 0 Å². The predicted molar refractivity (Wildman–Crippen MR) is 119 cm³/mol. The van der Waals surface area contributed by atoms with Gasteiger partial charge in [-0.05, 0) is 25.3 Å². The lowest BCUT2D eigenvalue weighted by molar-refractivity contribution is -0.0865. The number of urea groups is 1. The Morgan fingerprint density at radius 1 is 1.12 bits per heavy atom. The van der Waals surface area contributed by atoms with Crippen molar-refractivity contribution in [3.8, 4) is 22.6 Å². The molecule has 0 saturated heterocycles. The lowest BCUT2D eigenvalue weighted by Gasteiger charge is -2.31. The van der Waals surface area contributed by atoms with Gasteiger partial charge in [-0.15, -0.1) is 0 Å². The Balaban J connectivity index is 1.81. The fourth-order valence-electron chi connectivity index (χ4n) is 4.26. The van der Waals surface area contributed by atoms with Crippen LogP contribution in [0.5, 0.6) is 0 Å². The molecule has 2 aromatic carbocycles. The van der Waals surface area contributed by atoms with Crippen molar-refractivity contribution < 1.29 is 22.8 Å². The number of hydrogen-bond acceptors (Lipinski definition) is 6. The second-order valence-electron chi connectivity index (χ2n) is 8.06. The molecule has 1 heterocycles. The molecule has 1 saturated carbocycles. The summed E-state index contributed by atoms with van der Waals surface area (Å²) in [6.07, 6.45) is 3.77. The van der Waals surface area contributed by atoms with E-state index in [9.17, 15) is 18.4 Å². The van der Waals surface area contributed by atoms with E-state index >= 15 is 0 Å². The first kappa shape index (κ1) is 22.0. The molecule has 3 aromatic rings. The van der Waals surface area contributed by atoms with Gasteiger partial charge in [-0.25, -0.2) is 23.3 Å². The number of aromatic nitrogens is 1. The van der Waals surface area contributed by atoms with Crippen LogP contribution in [0, 0.1) is 0 Å². The lowest BCUT2D eigenvalue weighted by Crippen LogP contribution is -2.43. The number of carbonyl (C=O) groups excluding carboxylic acids is 1. The van der Waals surface area contributed by atoms with E-state index in [1.54, 1.807) is 24.3 Å². The molecule has 9 heteroatoms. The summed E-state index contributed by atoms with van der Waals surface area (Å²) in [5.74, 6) is 0.781. The van der Waals surface area contributed by atoms with Crippen molar-refractivity contribution >= 4 is 15.9 Å². The van der Waals surface area contributed by atoms with Gasteiger partial charge in [0, 0.05) is 23.3 Å². The number of primary amides is 1. The molecule has 2 amide bonds. The first-order valence-electron chi connectivity index (χ1n) is 10.4. The van der Waals surface area contributed by atoms with Crippen molar-refractivity contribution in [1.29, 1.82) is 0 Å². The van der Waals surface area contributed by atoms with Crippen LogP contribution >= 0.6 is 0 Å². The first-order valence-corrected chi connectivity index (χ1v) is 12.3. The van der Waals surface area contributed by atoms with Crippen LogP contribution in [0.3, 0.4) is 0 Å². The van der Waals surface area contributed by atoms with Crippen LogP contribution in [-0.4, -0.2) is 42.0 Å². The fraction of sp³-hybridized carbons (Fsp3) is 0.304. The first-order chi connectivity index (χ1) is 15.3. The maximum atomic E-state index is 12.4. The summed E-state index contributed by atoms with van der Waals surface area (Å²) in [7, 11) is -3.50. The standard InChI is InChI=1S/C23H25N3O5S/c1-32(29,30)19-13-6-5-12-18(19)20-21(15-8-3-2-4-9-15)31-22(25-20)16-10-7-11-17(14-16)26(28)23(24)27/h2-6,8-9,12-13,16-17,28H,7,10-11,14H2,1H3,(H2,24,27). The average molecular weight is 456 g/mol. The van der Waals surface area contributed by atoms with Crippen LogP contribution in [0.1, 0.15) is 37.5 Å². The van der Waals surface area contributed by atoms with Crippen LogP contribution < -0.4 is 5.73 Å². The van der Waals surface area contributed by atoms with Gasteiger partial charge in [-0.2, -0.15) is 0 Å². The van der Waals surface area contributed by atoms with E-state index in [0.717, 1.165) is 18.4 Å².